The Hall–Kier alpha value is -1.57. The van der Waals surface area contributed by atoms with E-state index in [0.29, 0.717) is 6.61 Å². The zero-order valence-electron chi connectivity index (χ0n) is 7.41. The largest absolute Gasteiger partial charge is 0.489 e. The number of Topliss-reactive ketones (excluding diaryl/α,β-unsaturated/α-hetero) is 1. The molecule has 0 fully saturated rings. The van der Waals surface area contributed by atoms with Crippen molar-refractivity contribution in [2.75, 3.05) is 6.61 Å². The molecule has 1 aromatic rings. The third kappa shape index (κ3) is 1.47. The molecule has 0 radical (unpaired) electrons. The third-order valence-corrected chi connectivity index (χ3v) is 2.05. The van der Waals surface area contributed by atoms with Gasteiger partial charge in [0.1, 0.15) is 12.4 Å². The Morgan fingerprint density at radius 1 is 1.46 bits per heavy atom. The molecule has 0 bridgehead atoms. The Bertz CT molecular complexity index is 378. The number of carbonyl (C=O) groups is 1. The summed E-state index contributed by atoms with van der Waals surface area (Å²) in [6.07, 6.45) is 3.91. The third-order valence-electron chi connectivity index (χ3n) is 2.05. The normalized spacial score (nSPS) is 13.3. The van der Waals surface area contributed by atoms with Crippen LogP contribution in [-0.2, 0) is 0 Å². The lowest BCUT2D eigenvalue weighted by Crippen LogP contribution is -2.01. The van der Waals surface area contributed by atoms with Gasteiger partial charge in [0.25, 0.3) is 0 Å². The standard InChI is InChI=1S/C11H10O2/c1-8(12)9-4-5-11-10(7-9)3-2-6-13-11/h2-5,7H,6H2,1H3. The maximum Gasteiger partial charge on any atom is 0.159 e. The lowest BCUT2D eigenvalue weighted by Gasteiger charge is -2.12. The van der Waals surface area contributed by atoms with Gasteiger partial charge in [-0.3, -0.25) is 4.79 Å². The minimum Gasteiger partial charge on any atom is -0.489 e. The van der Waals surface area contributed by atoms with Crippen molar-refractivity contribution in [2.24, 2.45) is 0 Å². The molecule has 1 aliphatic heterocycles. The highest BCUT2D eigenvalue weighted by atomic mass is 16.5. The zero-order valence-corrected chi connectivity index (χ0v) is 7.41. The van der Waals surface area contributed by atoms with Crippen LogP contribution in [-0.4, -0.2) is 12.4 Å². The first-order valence-electron chi connectivity index (χ1n) is 4.22. The second-order valence-corrected chi connectivity index (χ2v) is 3.02. The maximum absolute atomic E-state index is 11.1. The van der Waals surface area contributed by atoms with Gasteiger partial charge in [-0.25, -0.2) is 0 Å². The van der Waals surface area contributed by atoms with Gasteiger partial charge in [0.15, 0.2) is 5.78 Å². The lowest BCUT2D eigenvalue weighted by molar-refractivity contribution is 0.101. The van der Waals surface area contributed by atoms with E-state index in [1.54, 1.807) is 13.0 Å². The summed E-state index contributed by atoms with van der Waals surface area (Å²) in [4.78, 5) is 11.1. The molecular formula is C11H10O2. The summed E-state index contributed by atoms with van der Waals surface area (Å²) in [6.45, 7) is 2.18. The van der Waals surface area contributed by atoms with E-state index in [-0.39, 0.29) is 5.78 Å². The molecule has 2 nitrogen and oxygen atoms in total. The number of hydrogen-bond donors (Lipinski definition) is 0. The number of benzene rings is 1. The topological polar surface area (TPSA) is 26.3 Å². The van der Waals surface area contributed by atoms with Crippen molar-refractivity contribution >= 4 is 11.9 Å². The molecule has 2 rings (SSSR count). The van der Waals surface area contributed by atoms with Crippen LogP contribution in [0.4, 0.5) is 0 Å². The van der Waals surface area contributed by atoms with Crippen LogP contribution in [0, 0.1) is 0 Å². The Balaban J connectivity index is 2.48. The fourth-order valence-electron chi connectivity index (χ4n) is 1.34. The van der Waals surface area contributed by atoms with Crippen LogP contribution in [0.15, 0.2) is 24.3 Å². The average molecular weight is 174 g/mol. The summed E-state index contributed by atoms with van der Waals surface area (Å²) in [5.41, 5.74) is 1.72. The molecule has 0 amide bonds. The van der Waals surface area contributed by atoms with Crippen molar-refractivity contribution in [1.29, 1.82) is 0 Å². The molecule has 0 aromatic heterocycles. The van der Waals surface area contributed by atoms with Gasteiger partial charge in [-0.2, -0.15) is 0 Å². The predicted octanol–water partition coefficient (Wildman–Crippen LogP) is 2.29. The molecule has 13 heavy (non-hydrogen) atoms. The molecule has 0 saturated carbocycles. The van der Waals surface area contributed by atoms with E-state index in [0.717, 1.165) is 16.9 Å². The number of hydrogen-bond acceptors (Lipinski definition) is 2. The molecule has 0 unspecified atom stereocenters. The van der Waals surface area contributed by atoms with Crippen LogP contribution >= 0.6 is 0 Å². The van der Waals surface area contributed by atoms with Gasteiger partial charge >= 0.3 is 0 Å². The molecule has 0 saturated heterocycles. The molecule has 66 valence electrons. The van der Waals surface area contributed by atoms with E-state index in [2.05, 4.69) is 0 Å². The summed E-state index contributed by atoms with van der Waals surface area (Å²) < 4.78 is 5.36. The monoisotopic (exact) mass is 174 g/mol. The summed E-state index contributed by atoms with van der Waals surface area (Å²) in [5, 5.41) is 0. The molecule has 0 aliphatic carbocycles. The zero-order chi connectivity index (χ0) is 9.26. The molecule has 1 aromatic carbocycles. The molecule has 2 heteroatoms. The van der Waals surface area contributed by atoms with Crippen LogP contribution in [0.5, 0.6) is 5.75 Å². The van der Waals surface area contributed by atoms with E-state index in [4.69, 9.17) is 4.74 Å². The highest BCUT2D eigenvalue weighted by Crippen LogP contribution is 2.24. The van der Waals surface area contributed by atoms with Crippen molar-refractivity contribution in [2.45, 2.75) is 6.92 Å². The first-order chi connectivity index (χ1) is 6.27. The second-order valence-electron chi connectivity index (χ2n) is 3.02. The Morgan fingerprint density at radius 3 is 3.08 bits per heavy atom. The van der Waals surface area contributed by atoms with Gasteiger partial charge in [0.2, 0.25) is 0 Å². The van der Waals surface area contributed by atoms with Crippen molar-refractivity contribution in [1.82, 2.24) is 0 Å². The lowest BCUT2D eigenvalue weighted by atomic mass is 10.1. The number of fused-ring (bicyclic) bond motifs is 1. The van der Waals surface area contributed by atoms with E-state index < -0.39 is 0 Å². The van der Waals surface area contributed by atoms with Gasteiger partial charge in [-0.15, -0.1) is 0 Å². The van der Waals surface area contributed by atoms with E-state index in [1.807, 2.05) is 24.3 Å². The summed E-state index contributed by atoms with van der Waals surface area (Å²) in [5.74, 6) is 0.939. The number of ether oxygens (including phenoxy) is 1. The number of ketones is 1. The molecule has 0 atom stereocenters. The minimum atomic E-state index is 0.0850. The number of rotatable bonds is 1. The van der Waals surface area contributed by atoms with Crippen LogP contribution < -0.4 is 4.74 Å². The van der Waals surface area contributed by atoms with Crippen molar-refractivity contribution in [3.63, 3.8) is 0 Å². The quantitative estimate of drug-likeness (QED) is 0.610. The summed E-state index contributed by atoms with van der Waals surface area (Å²) >= 11 is 0. The van der Waals surface area contributed by atoms with Gasteiger partial charge in [-0.05, 0) is 31.2 Å². The average Bonchev–Trinajstić information content (AvgIpc) is 2.17. The predicted molar refractivity (Wildman–Crippen MR) is 51.0 cm³/mol. The highest BCUT2D eigenvalue weighted by Gasteiger charge is 2.07. The van der Waals surface area contributed by atoms with Gasteiger partial charge < -0.3 is 4.74 Å². The van der Waals surface area contributed by atoms with E-state index >= 15 is 0 Å². The first kappa shape index (κ1) is 8.05. The molecule has 1 heterocycles. The second kappa shape index (κ2) is 3.05. The van der Waals surface area contributed by atoms with Crippen LogP contribution in [0.25, 0.3) is 6.08 Å². The molecule has 0 spiro atoms. The Labute approximate surface area is 76.8 Å². The summed E-state index contributed by atoms with van der Waals surface area (Å²) in [6, 6.07) is 5.49. The van der Waals surface area contributed by atoms with E-state index in [1.165, 1.54) is 0 Å². The van der Waals surface area contributed by atoms with Crippen molar-refractivity contribution < 1.29 is 9.53 Å². The van der Waals surface area contributed by atoms with Crippen LogP contribution in [0.2, 0.25) is 0 Å². The van der Waals surface area contributed by atoms with Gasteiger partial charge in [0, 0.05) is 11.1 Å². The maximum atomic E-state index is 11.1. The Kier molecular flexibility index (Phi) is 1.89. The van der Waals surface area contributed by atoms with Crippen molar-refractivity contribution in [3.05, 3.63) is 35.4 Å². The van der Waals surface area contributed by atoms with Gasteiger partial charge in [-0.1, -0.05) is 6.08 Å². The SMILES string of the molecule is CC(=O)c1ccc2c(c1)C=CCO2. The summed E-state index contributed by atoms with van der Waals surface area (Å²) in [7, 11) is 0. The Morgan fingerprint density at radius 2 is 2.31 bits per heavy atom. The molecular weight excluding hydrogens is 164 g/mol. The van der Waals surface area contributed by atoms with Crippen molar-refractivity contribution in [3.8, 4) is 5.75 Å². The van der Waals surface area contributed by atoms with E-state index in [9.17, 15) is 4.79 Å². The van der Waals surface area contributed by atoms with Crippen LogP contribution in [0.1, 0.15) is 22.8 Å². The number of carbonyl (C=O) groups excluding carboxylic acids is 1. The molecule has 0 N–H and O–H groups in total. The fraction of sp³-hybridized carbons (Fsp3) is 0.182. The van der Waals surface area contributed by atoms with Crippen LogP contribution in [0.3, 0.4) is 0 Å². The minimum absolute atomic E-state index is 0.0850. The highest BCUT2D eigenvalue weighted by molar-refractivity contribution is 5.95. The van der Waals surface area contributed by atoms with Gasteiger partial charge in [0.05, 0.1) is 0 Å². The first-order valence-corrected chi connectivity index (χ1v) is 4.22. The smallest absolute Gasteiger partial charge is 0.159 e. The fourth-order valence-corrected chi connectivity index (χ4v) is 1.34. The molecule has 1 aliphatic rings.